The minimum absolute atomic E-state index is 0.495. The molecule has 0 unspecified atom stereocenters. The molecule has 0 fully saturated rings. The average Bonchev–Trinajstić information content (AvgIpc) is 1.67. The molecule has 0 aliphatic heterocycles. The van der Waals surface area contributed by atoms with Crippen molar-refractivity contribution in [3.8, 4) is 0 Å². The molecule has 0 amide bonds. The van der Waals surface area contributed by atoms with E-state index >= 15 is 0 Å². The van der Waals surface area contributed by atoms with Crippen molar-refractivity contribution in [2.24, 2.45) is 0 Å². The van der Waals surface area contributed by atoms with Crippen LogP contribution in [0.25, 0.3) is 0 Å². The molecule has 0 saturated carbocycles. The summed E-state index contributed by atoms with van der Waals surface area (Å²) in [6.07, 6.45) is 0. The number of amidine groups is 1. The number of methoxy groups -OCH3 is 1. The van der Waals surface area contributed by atoms with Crippen molar-refractivity contribution < 1.29 is 4.74 Å². The van der Waals surface area contributed by atoms with E-state index in [9.17, 15) is 0 Å². The topological polar surface area (TPSA) is 36.3 Å². The SMILES string of the molecule is COCN(C)C(C)=N. The fraction of sp³-hybridized carbons (Fsp3) is 0.800. The molecule has 0 aliphatic carbocycles. The molecule has 0 bridgehead atoms. The fourth-order valence-electron chi connectivity index (χ4n) is 0.290. The highest BCUT2D eigenvalue weighted by molar-refractivity contribution is 5.75. The van der Waals surface area contributed by atoms with Crippen molar-refractivity contribution in [2.45, 2.75) is 6.92 Å². The van der Waals surface area contributed by atoms with Gasteiger partial charge in [-0.15, -0.1) is 0 Å². The highest BCUT2D eigenvalue weighted by Crippen LogP contribution is 1.81. The zero-order valence-corrected chi connectivity index (χ0v) is 5.56. The van der Waals surface area contributed by atoms with Gasteiger partial charge in [-0.3, -0.25) is 5.41 Å². The number of rotatable bonds is 2. The highest BCUT2D eigenvalue weighted by atomic mass is 16.5. The minimum Gasteiger partial charge on any atom is -0.364 e. The molecule has 0 aromatic carbocycles. The Morgan fingerprint density at radius 3 is 2.38 bits per heavy atom. The lowest BCUT2D eigenvalue weighted by Crippen LogP contribution is -2.25. The summed E-state index contributed by atoms with van der Waals surface area (Å²) in [7, 11) is 3.42. The molecule has 8 heavy (non-hydrogen) atoms. The van der Waals surface area contributed by atoms with Gasteiger partial charge < -0.3 is 9.64 Å². The van der Waals surface area contributed by atoms with E-state index in [1.807, 2.05) is 7.05 Å². The molecule has 0 aromatic rings. The first kappa shape index (κ1) is 7.43. The predicted octanol–water partition coefficient (Wildman–Crippen LogP) is 0.519. The van der Waals surface area contributed by atoms with Crippen LogP contribution < -0.4 is 0 Å². The lowest BCUT2D eigenvalue weighted by atomic mass is 10.6. The molecule has 3 heteroatoms. The lowest BCUT2D eigenvalue weighted by Gasteiger charge is -2.14. The Hall–Kier alpha value is -0.570. The first-order valence-electron chi connectivity index (χ1n) is 2.43. The van der Waals surface area contributed by atoms with Gasteiger partial charge in [0, 0.05) is 14.2 Å². The van der Waals surface area contributed by atoms with Gasteiger partial charge in [0.25, 0.3) is 0 Å². The van der Waals surface area contributed by atoms with Crippen molar-refractivity contribution in [3.63, 3.8) is 0 Å². The van der Waals surface area contributed by atoms with Crippen molar-refractivity contribution in [3.05, 3.63) is 0 Å². The quantitative estimate of drug-likeness (QED) is 0.324. The summed E-state index contributed by atoms with van der Waals surface area (Å²) in [4.78, 5) is 1.71. The van der Waals surface area contributed by atoms with Crippen LogP contribution in [0, 0.1) is 5.41 Å². The van der Waals surface area contributed by atoms with E-state index in [1.165, 1.54) is 0 Å². The number of hydrogen-bond acceptors (Lipinski definition) is 2. The second-order valence-electron chi connectivity index (χ2n) is 1.70. The Morgan fingerprint density at radius 1 is 1.75 bits per heavy atom. The van der Waals surface area contributed by atoms with Crippen LogP contribution >= 0.6 is 0 Å². The normalized spacial score (nSPS) is 8.88. The first-order chi connectivity index (χ1) is 3.68. The highest BCUT2D eigenvalue weighted by Gasteiger charge is 1.92. The minimum atomic E-state index is 0.495. The number of nitrogens with zero attached hydrogens (tertiary/aromatic N) is 1. The van der Waals surface area contributed by atoms with Gasteiger partial charge in [-0.05, 0) is 6.92 Å². The van der Waals surface area contributed by atoms with E-state index in [0.29, 0.717) is 12.6 Å². The van der Waals surface area contributed by atoms with Crippen LogP contribution in [-0.4, -0.2) is 31.6 Å². The van der Waals surface area contributed by atoms with Gasteiger partial charge in [0.15, 0.2) is 0 Å². The second-order valence-corrected chi connectivity index (χ2v) is 1.70. The van der Waals surface area contributed by atoms with Gasteiger partial charge in [0.2, 0.25) is 0 Å². The van der Waals surface area contributed by atoms with E-state index in [0.717, 1.165) is 0 Å². The molecule has 0 spiro atoms. The van der Waals surface area contributed by atoms with Gasteiger partial charge in [-0.25, -0.2) is 0 Å². The van der Waals surface area contributed by atoms with Crippen LogP contribution in [0.2, 0.25) is 0 Å². The molecule has 0 rings (SSSR count). The molecule has 1 N–H and O–H groups in total. The Balaban J connectivity index is 3.32. The summed E-state index contributed by atoms with van der Waals surface area (Å²) < 4.78 is 4.75. The van der Waals surface area contributed by atoms with Crippen LogP contribution in [0.4, 0.5) is 0 Å². The Bertz CT molecular complexity index is 82.5. The van der Waals surface area contributed by atoms with Crippen LogP contribution in [0.1, 0.15) is 6.92 Å². The molecule has 0 atom stereocenters. The van der Waals surface area contributed by atoms with Gasteiger partial charge in [0.1, 0.15) is 6.73 Å². The first-order valence-corrected chi connectivity index (χ1v) is 2.43. The van der Waals surface area contributed by atoms with E-state index in [2.05, 4.69) is 0 Å². The zero-order valence-electron chi connectivity index (χ0n) is 5.56. The number of nitrogens with one attached hydrogen (secondary N) is 1. The molecule has 0 aromatic heterocycles. The summed E-state index contributed by atoms with van der Waals surface area (Å²) in [5.41, 5.74) is 0. The predicted molar refractivity (Wildman–Crippen MR) is 33.0 cm³/mol. The summed E-state index contributed by atoms with van der Waals surface area (Å²) in [5.74, 6) is 0.520. The second kappa shape index (κ2) is 3.43. The van der Waals surface area contributed by atoms with Crippen LogP contribution in [0.15, 0.2) is 0 Å². The summed E-state index contributed by atoms with van der Waals surface area (Å²) in [6.45, 7) is 2.22. The van der Waals surface area contributed by atoms with Crippen LogP contribution in [0.3, 0.4) is 0 Å². The van der Waals surface area contributed by atoms with Crippen molar-refractivity contribution >= 4 is 5.84 Å². The average molecular weight is 116 g/mol. The molecular formula is C5H12N2O. The maximum Gasteiger partial charge on any atom is 0.119 e. The van der Waals surface area contributed by atoms with E-state index in [4.69, 9.17) is 10.1 Å². The van der Waals surface area contributed by atoms with Crippen LogP contribution in [-0.2, 0) is 4.74 Å². The molecular weight excluding hydrogens is 104 g/mol. The Kier molecular flexibility index (Phi) is 3.19. The van der Waals surface area contributed by atoms with Gasteiger partial charge in [-0.1, -0.05) is 0 Å². The molecule has 0 saturated heterocycles. The number of ether oxygens (including phenoxy) is 1. The lowest BCUT2D eigenvalue weighted by molar-refractivity contribution is 0.123. The van der Waals surface area contributed by atoms with Crippen molar-refractivity contribution in [2.75, 3.05) is 20.9 Å². The molecule has 0 heterocycles. The van der Waals surface area contributed by atoms with E-state index in [-0.39, 0.29) is 0 Å². The maximum absolute atomic E-state index is 7.05. The third-order valence-electron chi connectivity index (χ3n) is 0.895. The summed E-state index contributed by atoms with van der Waals surface area (Å²) in [5, 5.41) is 7.05. The summed E-state index contributed by atoms with van der Waals surface area (Å²) in [6, 6.07) is 0. The monoisotopic (exact) mass is 116 g/mol. The smallest absolute Gasteiger partial charge is 0.119 e. The molecule has 48 valence electrons. The summed E-state index contributed by atoms with van der Waals surface area (Å²) >= 11 is 0. The van der Waals surface area contributed by atoms with Crippen molar-refractivity contribution in [1.82, 2.24) is 4.90 Å². The third kappa shape index (κ3) is 2.58. The third-order valence-corrected chi connectivity index (χ3v) is 0.895. The van der Waals surface area contributed by atoms with Crippen LogP contribution in [0.5, 0.6) is 0 Å². The Morgan fingerprint density at radius 2 is 2.25 bits per heavy atom. The zero-order chi connectivity index (χ0) is 6.57. The van der Waals surface area contributed by atoms with Gasteiger partial charge in [-0.2, -0.15) is 0 Å². The standard InChI is InChI=1S/C5H12N2O/c1-5(6)7(2)4-8-3/h6H,4H2,1-3H3. The fourth-order valence-corrected chi connectivity index (χ4v) is 0.290. The molecule has 3 nitrogen and oxygen atoms in total. The molecule has 0 radical (unpaired) electrons. The number of hydrogen-bond donors (Lipinski definition) is 1. The Labute approximate surface area is 49.8 Å². The molecule has 0 aliphatic rings. The maximum atomic E-state index is 7.05. The van der Waals surface area contributed by atoms with E-state index in [1.54, 1.807) is 18.9 Å². The van der Waals surface area contributed by atoms with Gasteiger partial charge in [0.05, 0.1) is 5.84 Å². The largest absolute Gasteiger partial charge is 0.364 e. The van der Waals surface area contributed by atoms with Gasteiger partial charge >= 0.3 is 0 Å². The van der Waals surface area contributed by atoms with Crippen molar-refractivity contribution in [1.29, 1.82) is 5.41 Å². The van der Waals surface area contributed by atoms with E-state index < -0.39 is 0 Å².